The molecule has 0 aliphatic carbocycles. The zero-order valence-electron chi connectivity index (χ0n) is 7.19. The molecule has 0 saturated carbocycles. The van der Waals surface area contributed by atoms with Crippen LogP contribution in [0.25, 0.3) is 0 Å². The quantitative estimate of drug-likeness (QED) is 0.601. The maximum absolute atomic E-state index is 11.0. The Morgan fingerprint density at radius 1 is 1.08 bits per heavy atom. The van der Waals surface area contributed by atoms with E-state index in [9.17, 15) is 14.4 Å². The predicted octanol–water partition coefficient (Wildman–Crippen LogP) is -0.606. The minimum atomic E-state index is -1.12. The van der Waals surface area contributed by atoms with E-state index < -0.39 is 24.4 Å². The Bertz CT molecular complexity index is 225. The first-order valence-electron chi connectivity index (χ1n) is 3.61. The normalized spacial score (nSPS) is 9.31. The van der Waals surface area contributed by atoms with Crippen LogP contribution in [0, 0.1) is 0 Å². The van der Waals surface area contributed by atoms with E-state index in [-0.39, 0.29) is 12.8 Å². The Morgan fingerprint density at radius 2 is 1.62 bits per heavy atom. The number of aliphatic carboxylic acids is 2. The van der Waals surface area contributed by atoms with Crippen LogP contribution in [0.15, 0.2) is 0 Å². The molecule has 6 nitrogen and oxygen atoms in total. The Labute approximate surface area is 74.8 Å². The molecule has 13 heavy (non-hydrogen) atoms. The Kier molecular flexibility index (Phi) is 4.50. The third-order valence-electron chi connectivity index (χ3n) is 1.35. The van der Waals surface area contributed by atoms with E-state index in [1.807, 2.05) is 0 Å². The summed E-state index contributed by atoms with van der Waals surface area (Å²) < 4.78 is 0. The van der Waals surface area contributed by atoms with Gasteiger partial charge >= 0.3 is 11.9 Å². The lowest BCUT2D eigenvalue weighted by Crippen LogP contribution is -2.32. The Balaban J connectivity index is 3.82. The largest absolute Gasteiger partial charge is 0.481 e. The summed E-state index contributed by atoms with van der Waals surface area (Å²) in [7, 11) is 1.32. The highest BCUT2D eigenvalue weighted by Gasteiger charge is 2.12. The number of hydrogen-bond donors (Lipinski definition) is 2. The average molecular weight is 189 g/mol. The fourth-order valence-electron chi connectivity index (χ4n) is 0.696. The van der Waals surface area contributed by atoms with Gasteiger partial charge < -0.3 is 15.1 Å². The van der Waals surface area contributed by atoms with Gasteiger partial charge in [-0.15, -0.1) is 0 Å². The van der Waals surface area contributed by atoms with Crippen LogP contribution in [0.5, 0.6) is 0 Å². The van der Waals surface area contributed by atoms with Gasteiger partial charge in [-0.05, 0) is 0 Å². The third-order valence-corrected chi connectivity index (χ3v) is 1.35. The summed E-state index contributed by atoms with van der Waals surface area (Å²) in [5.41, 5.74) is 0. The molecular weight excluding hydrogens is 178 g/mol. The Hall–Kier alpha value is -1.59. The van der Waals surface area contributed by atoms with Crippen LogP contribution in [0.3, 0.4) is 0 Å². The summed E-state index contributed by atoms with van der Waals surface area (Å²) in [6.45, 7) is -0.404. The molecule has 74 valence electrons. The number of rotatable bonds is 5. The summed E-state index contributed by atoms with van der Waals surface area (Å²) in [4.78, 5) is 32.2. The molecule has 0 atom stereocenters. The van der Waals surface area contributed by atoms with Crippen molar-refractivity contribution >= 4 is 17.8 Å². The average Bonchev–Trinajstić information content (AvgIpc) is 1.98. The monoisotopic (exact) mass is 189 g/mol. The van der Waals surface area contributed by atoms with Crippen LogP contribution < -0.4 is 0 Å². The number of carbonyl (C=O) groups excluding carboxylic acids is 1. The molecule has 2 N–H and O–H groups in total. The van der Waals surface area contributed by atoms with Gasteiger partial charge in [-0.1, -0.05) is 0 Å². The molecule has 0 fully saturated rings. The van der Waals surface area contributed by atoms with Crippen LogP contribution in [0.1, 0.15) is 12.8 Å². The zero-order chi connectivity index (χ0) is 10.4. The first-order chi connectivity index (χ1) is 5.93. The molecule has 6 heteroatoms. The van der Waals surface area contributed by atoms with E-state index in [1.165, 1.54) is 7.05 Å². The smallest absolute Gasteiger partial charge is 0.323 e. The van der Waals surface area contributed by atoms with Crippen molar-refractivity contribution in [2.45, 2.75) is 12.8 Å². The molecule has 0 unspecified atom stereocenters. The molecular formula is C7H11NO5. The molecule has 1 amide bonds. The SMILES string of the molecule is CN(CC(=O)O)C(=O)CCC(=O)O. The predicted molar refractivity (Wildman–Crippen MR) is 42.1 cm³/mol. The molecule has 0 heterocycles. The summed E-state index contributed by atoms with van der Waals surface area (Å²) >= 11 is 0. The summed E-state index contributed by atoms with van der Waals surface area (Å²) in [6, 6.07) is 0. The van der Waals surface area contributed by atoms with Gasteiger partial charge in [0.15, 0.2) is 0 Å². The highest BCUT2D eigenvalue weighted by molar-refractivity contribution is 5.83. The minimum Gasteiger partial charge on any atom is -0.481 e. The standard InChI is InChI=1S/C7H11NO5/c1-8(4-7(12)13)5(9)2-3-6(10)11/h2-4H2,1H3,(H,10,11)(H,12,13). The maximum atomic E-state index is 11.0. The number of carbonyl (C=O) groups is 3. The zero-order valence-corrected chi connectivity index (χ0v) is 7.19. The van der Waals surface area contributed by atoms with Crippen LogP contribution in [0.4, 0.5) is 0 Å². The summed E-state index contributed by atoms with van der Waals surface area (Å²) in [6.07, 6.45) is -0.443. The Morgan fingerprint density at radius 3 is 2.00 bits per heavy atom. The second-order valence-electron chi connectivity index (χ2n) is 2.54. The van der Waals surface area contributed by atoms with E-state index in [0.29, 0.717) is 0 Å². The van der Waals surface area contributed by atoms with Crippen molar-refractivity contribution in [3.8, 4) is 0 Å². The van der Waals surface area contributed by atoms with E-state index in [1.54, 1.807) is 0 Å². The first-order valence-corrected chi connectivity index (χ1v) is 3.61. The number of carboxylic acids is 2. The molecule has 0 rings (SSSR count). The lowest BCUT2D eigenvalue weighted by atomic mass is 10.3. The second-order valence-corrected chi connectivity index (χ2v) is 2.54. The van der Waals surface area contributed by atoms with Gasteiger partial charge in [0.1, 0.15) is 6.54 Å². The van der Waals surface area contributed by atoms with Crippen molar-refractivity contribution in [2.75, 3.05) is 13.6 Å². The number of hydrogen-bond acceptors (Lipinski definition) is 3. The van der Waals surface area contributed by atoms with Crippen molar-refractivity contribution in [3.05, 3.63) is 0 Å². The second kappa shape index (κ2) is 5.13. The fraction of sp³-hybridized carbons (Fsp3) is 0.571. The van der Waals surface area contributed by atoms with E-state index in [2.05, 4.69) is 0 Å². The van der Waals surface area contributed by atoms with Gasteiger partial charge in [0.05, 0.1) is 6.42 Å². The summed E-state index contributed by atoms with van der Waals surface area (Å²) in [5, 5.41) is 16.5. The molecule has 0 aromatic rings. The first kappa shape index (κ1) is 11.4. The highest BCUT2D eigenvalue weighted by atomic mass is 16.4. The van der Waals surface area contributed by atoms with E-state index in [4.69, 9.17) is 10.2 Å². The number of carboxylic acid groups (broad SMARTS) is 2. The van der Waals surface area contributed by atoms with Gasteiger partial charge in [-0.3, -0.25) is 14.4 Å². The van der Waals surface area contributed by atoms with Gasteiger partial charge in [0, 0.05) is 13.5 Å². The van der Waals surface area contributed by atoms with Crippen molar-refractivity contribution in [1.29, 1.82) is 0 Å². The maximum Gasteiger partial charge on any atom is 0.323 e. The van der Waals surface area contributed by atoms with Crippen molar-refractivity contribution in [1.82, 2.24) is 4.90 Å². The minimum absolute atomic E-state index is 0.168. The molecule has 0 aromatic carbocycles. The van der Waals surface area contributed by atoms with Gasteiger partial charge in [-0.25, -0.2) is 0 Å². The van der Waals surface area contributed by atoms with Crippen LogP contribution in [-0.2, 0) is 14.4 Å². The van der Waals surface area contributed by atoms with Crippen LogP contribution >= 0.6 is 0 Å². The van der Waals surface area contributed by atoms with E-state index >= 15 is 0 Å². The third kappa shape index (κ3) is 5.66. The molecule has 0 aliphatic heterocycles. The van der Waals surface area contributed by atoms with Crippen molar-refractivity contribution in [3.63, 3.8) is 0 Å². The van der Waals surface area contributed by atoms with Crippen molar-refractivity contribution in [2.24, 2.45) is 0 Å². The molecule has 0 aromatic heterocycles. The number of likely N-dealkylation sites (N-methyl/N-ethyl adjacent to an activating group) is 1. The number of nitrogens with zero attached hydrogens (tertiary/aromatic N) is 1. The lowest BCUT2D eigenvalue weighted by molar-refractivity contribution is -0.144. The molecule has 0 spiro atoms. The molecule has 0 bridgehead atoms. The van der Waals surface area contributed by atoms with Gasteiger partial charge in [0.25, 0.3) is 0 Å². The fourth-order valence-corrected chi connectivity index (χ4v) is 0.696. The van der Waals surface area contributed by atoms with Crippen molar-refractivity contribution < 1.29 is 24.6 Å². The molecule has 0 saturated heterocycles. The number of amides is 1. The highest BCUT2D eigenvalue weighted by Crippen LogP contribution is 1.95. The van der Waals surface area contributed by atoms with Crippen LogP contribution in [0.2, 0.25) is 0 Å². The van der Waals surface area contributed by atoms with Crippen LogP contribution in [-0.4, -0.2) is 46.6 Å². The topological polar surface area (TPSA) is 94.9 Å². The molecule has 0 radical (unpaired) electrons. The molecule has 0 aliphatic rings. The lowest BCUT2D eigenvalue weighted by Gasteiger charge is -2.13. The van der Waals surface area contributed by atoms with Gasteiger partial charge in [-0.2, -0.15) is 0 Å². The van der Waals surface area contributed by atoms with Gasteiger partial charge in [0.2, 0.25) is 5.91 Å². The summed E-state index contributed by atoms with van der Waals surface area (Å²) in [5.74, 6) is -2.67. The van der Waals surface area contributed by atoms with E-state index in [0.717, 1.165) is 4.90 Å².